The number of benzene rings is 2. The lowest BCUT2D eigenvalue weighted by Crippen LogP contribution is -1.78. The number of nitrogens with zero attached hydrogens (tertiary/aromatic N) is 5. The van der Waals surface area contributed by atoms with Gasteiger partial charge in [0.2, 0.25) is 11.8 Å². The van der Waals surface area contributed by atoms with Crippen LogP contribution in [0.3, 0.4) is 0 Å². The fourth-order valence-corrected chi connectivity index (χ4v) is 1.91. The fraction of sp³-hybridized carbons (Fsp3) is 0.0667. The Hall–Kier alpha value is -3.11. The van der Waals surface area contributed by atoms with Crippen LogP contribution in [0.5, 0.6) is 0 Å². The lowest BCUT2D eigenvalue weighted by atomic mass is 10.1. The molecule has 3 aromatic rings. The van der Waals surface area contributed by atoms with Gasteiger partial charge in [-0.1, -0.05) is 34.9 Å². The minimum atomic E-state index is 0.389. The summed E-state index contributed by atoms with van der Waals surface area (Å²) in [6.07, 6.45) is 0. The zero-order valence-electron chi connectivity index (χ0n) is 11.3. The van der Waals surface area contributed by atoms with Crippen LogP contribution in [0, 0.1) is 6.92 Å². The molecule has 0 atom stereocenters. The second-order valence-electron chi connectivity index (χ2n) is 4.52. The van der Waals surface area contributed by atoms with Crippen LogP contribution in [0.1, 0.15) is 5.56 Å². The van der Waals surface area contributed by atoms with Crippen molar-refractivity contribution in [2.24, 2.45) is 5.11 Å². The van der Waals surface area contributed by atoms with E-state index in [1.807, 2.05) is 37.3 Å². The molecule has 0 spiro atoms. The predicted molar refractivity (Wildman–Crippen MR) is 78.7 cm³/mol. The van der Waals surface area contributed by atoms with Gasteiger partial charge >= 0.3 is 0 Å². The first-order valence-corrected chi connectivity index (χ1v) is 6.32. The first-order valence-electron chi connectivity index (χ1n) is 6.32. The molecule has 0 saturated heterocycles. The molecule has 0 saturated carbocycles. The predicted octanol–water partition coefficient (Wildman–Crippen LogP) is 4.65. The first kappa shape index (κ1) is 12.9. The smallest absolute Gasteiger partial charge is 0.248 e. The van der Waals surface area contributed by atoms with E-state index in [4.69, 9.17) is 9.95 Å². The van der Waals surface area contributed by atoms with Gasteiger partial charge in [0.05, 0.1) is 0 Å². The molecule has 0 unspecified atom stereocenters. The van der Waals surface area contributed by atoms with Gasteiger partial charge in [-0.2, -0.15) is 0 Å². The average Bonchev–Trinajstić information content (AvgIpc) is 2.98. The molecule has 0 amide bonds. The Kier molecular flexibility index (Phi) is 3.37. The molecule has 0 bridgehead atoms. The highest BCUT2D eigenvalue weighted by Gasteiger charge is 2.10. The molecule has 0 radical (unpaired) electrons. The molecule has 0 fully saturated rings. The molecular formula is C15H11N5O. The topological polar surface area (TPSA) is 87.7 Å². The monoisotopic (exact) mass is 277 g/mol. The van der Waals surface area contributed by atoms with Gasteiger partial charge in [0, 0.05) is 21.7 Å². The van der Waals surface area contributed by atoms with Crippen molar-refractivity contribution < 1.29 is 4.42 Å². The standard InChI is InChI=1S/C15H11N5O/c1-10-5-7-11(8-6-10)14-18-19-15(21-14)12-3-2-4-13(9-12)17-20-16/h2-9H,1H3. The normalized spacial score (nSPS) is 10.1. The quantitative estimate of drug-likeness (QED) is 0.396. The summed E-state index contributed by atoms with van der Waals surface area (Å²) in [6, 6.07) is 14.8. The lowest BCUT2D eigenvalue weighted by Gasteiger charge is -1.97. The Labute approximate surface area is 120 Å². The van der Waals surface area contributed by atoms with Crippen LogP contribution in [0.25, 0.3) is 33.4 Å². The maximum Gasteiger partial charge on any atom is 0.248 e. The van der Waals surface area contributed by atoms with Crippen LogP contribution in [0.4, 0.5) is 5.69 Å². The van der Waals surface area contributed by atoms with Crippen molar-refractivity contribution in [1.29, 1.82) is 0 Å². The summed E-state index contributed by atoms with van der Waals surface area (Å²) in [5.41, 5.74) is 11.7. The molecule has 3 rings (SSSR count). The third-order valence-corrected chi connectivity index (χ3v) is 2.98. The van der Waals surface area contributed by atoms with E-state index in [1.165, 1.54) is 5.56 Å². The Balaban J connectivity index is 1.96. The Morgan fingerprint density at radius 1 is 1.00 bits per heavy atom. The van der Waals surface area contributed by atoms with Gasteiger partial charge in [-0.3, -0.25) is 0 Å². The van der Waals surface area contributed by atoms with E-state index in [2.05, 4.69) is 20.2 Å². The highest BCUT2D eigenvalue weighted by Crippen LogP contribution is 2.26. The van der Waals surface area contributed by atoms with Crippen molar-refractivity contribution >= 4 is 5.69 Å². The minimum absolute atomic E-state index is 0.389. The Bertz CT molecular complexity index is 816. The summed E-state index contributed by atoms with van der Waals surface area (Å²) in [5.74, 6) is 0.847. The summed E-state index contributed by atoms with van der Waals surface area (Å²) in [6.45, 7) is 2.02. The van der Waals surface area contributed by atoms with Crippen molar-refractivity contribution in [3.63, 3.8) is 0 Å². The van der Waals surface area contributed by atoms with E-state index in [0.29, 0.717) is 23.0 Å². The molecule has 0 aliphatic heterocycles. The first-order chi connectivity index (χ1) is 10.3. The van der Waals surface area contributed by atoms with Crippen LogP contribution < -0.4 is 0 Å². The Morgan fingerprint density at radius 3 is 2.43 bits per heavy atom. The number of hydrogen-bond donors (Lipinski definition) is 0. The second-order valence-corrected chi connectivity index (χ2v) is 4.52. The zero-order valence-corrected chi connectivity index (χ0v) is 11.3. The molecule has 2 aromatic carbocycles. The SMILES string of the molecule is Cc1ccc(-c2nnc(-c3cccc(N=[N+]=[N-])c3)o2)cc1. The average molecular weight is 277 g/mol. The summed E-state index contributed by atoms with van der Waals surface area (Å²) in [5, 5.41) is 11.6. The van der Waals surface area contributed by atoms with Gasteiger partial charge in [0.1, 0.15) is 0 Å². The molecule has 0 aliphatic carbocycles. The number of hydrogen-bond acceptors (Lipinski definition) is 4. The fourth-order valence-electron chi connectivity index (χ4n) is 1.91. The van der Waals surface area contributed by atoms with E-state index in [0.717, 1.165) is 5.56 Å². The summed E-state index contributed by atoms with van der Waals surface area (Å²) < 4.78 is 5.67. The van der Waals surface area contributed by atoms with Crippen molar-refractivity contribution in [2.75, 3.05) is 0 Å². The zero-order chi connectivity index (χ0) is 14.7. The van der Waals surface area contributed by atoms with Gasteiger partial charge in [-0.05, 0) is 36.7 Å². The molecule has 0 aliphatic rings. The third kappa shape index (κ3) is 2.75. The van der Waals surface area contributed by atoms with Crippen LogP contribution >= 0.6 is 0 Å². The van der Waals surface area contributed by atoms with Crippen LogP contribution in [-0.4, -0.2) is 10.2 Å². The molecule has 6 heteroatoms. The minimum Gasteiger partial charge on any atom is -0.416 e. The van der Waals surface area contributed by atoms with Crippen molar-refractivity contribution in [3.05, 3.63) is 64.5 Å². The van der Waals surface area contributed by atoms with Gasteiger partial charge in [-0.15, -0.1) is 10.2 Å². The molecule has 21 heavy (non-hydrogen) atoms. The van der Waals surface area contributed by atoms with Crippen molar-refractivity contribution in [2.45, 2.75) is 6.92 Å². The van der Waals surface area contributed by atoms with Crippen molar-refractivity contribution in [1.82, 2.24) is 10.2 Å². The largest absolute Gasteiger partial charge is 0.416 e. The number of rotatable bonds is 3. The number of aromatic nitrogens is 2. The van der Waals surface area contributed by atoms with Gasteiger partial charge in [0.25, 0.3) is 0 Å². The van der Waals surface area contributed by atoms with Gasteiger partial charge < -0.3 is 4.42 Å². The molecule has 1 heterocycles. The van der Waals surface area contributed by atoms with Gasteiger partial charge in [0.15, 0.2) is 0 Å². The van der Waals surface area contributed by atoms with Crippen LogP contribution in [0.15, 0.2) is 58.1 Å². The van der Waals surface area contributed by atoms with Crippen LogP contribution in [-0.2, 0) is 0 Å². The summed E-state index contributed by atoms with van der Waals surface area (Å²) >= 11 is 0. The second kappa shape index (κ2) is 5.48. The summed E-state index contributed by atoms with van der Waals surface area (Å²) in [7, 11) is 0. The molecule has 0 N–H and O–H groups in total. The van der Waals surface area contributed by atoms with Crippen LogP contribution in [0.2, 0.25) is 0 Å². The molecular weight excluding hydrogens is 266 g/mol. The van der Waals surface area contributed by atoms with Crippen molar-refractivity contribution in [3.8, 4) is 22.9 Å². The van der Waals surface area contributed by atoms with E-state index in [1.54, 1.807) is 18.2 Å². The highest BCUT2D eigenvalue weighted by atomic mass is 16.4. The third-order valence-electron chi connectivity index (χ3n) is 2.98. The maximum absolute atomic E-state index is 8.46. The van der Waals surface area contributed by atoms with Gasteiger partial charge in [-0.25, -0.2) is 0 Å². The van der Waals surface area contributed by atoms with E-state index in [-0.39, 0.29) is 0 Å². The molecule has 6 nitrogen and oxygen atoms in total. The lowest BCUT2D eigenvalue weighted by molar-refractivity contribution is 0.584. The number of azide groups is 1. The van der Waals surface area contributed by atoms with E-state index >= 15 is 0 Å². The van der Waals surface area contributed by atoms with E-state index < -0.39 is 0 Å². The molecule has 102 valence electrons. The summed E-state index contributed by atoms with van der Waals surface area (Å²) in [4.78, 5) is 2.76. The highest BCUT2D eigenvalue weighted by molar-refractivity contribution is 5.61. The Morgan fingerprint density at radius 2 is 1.71 bits per heavy atom. The van der Waals surface area contributed by atoms with E-state index in [9.17, 15) is 0 Å². The maximum atomic E-state index is 8.46. The number of aryl methyl sites for hydroxylation is 1. The molecule has 1 aromatic heterocycles.